The molecule has 1 aromatic rings. The van der Waals surface area contributed by atoms with Gasteiger partial charge in [-0.1, -0.05) is 12.1 Å². The van der Waals surface area contributed by atoms with Crippen molar-refractivity contribution >= 4 is 17.5 Å². The van der Waals surface area contributed by atoms with Crippen LogP contribution in [0.1, 0.15) is 30.4 Å². The van der Waals surface area contributed by atoms with Crippen LogP contribution in [0.15, 0.2) is 18.2 Å². The minimum atomic E-state index is -0.223. The largest absolute Gasteiger partial charge is 0.369 e. The van der Waals surface area contributed by atoms with Crippen LogP contribution in [0.5, 0.6) is 0 Å². The Balaban J connectivity index is 1.42. The fraction of sp³-hybridized carbons (Fsp3) is 0.579. The van der Waals surface area contributed by atoms with E-state index in [9.17, 15) is 9.59 Å². The molecule has 24 heavy (non-hydrogen) atoms. The molecule has 5 nitrogen and oxygen atoms in total. The number of aryl methyl sites for hydroxylation is 1. The van der Waals surface area contributed by atoms with Gasteiger partial charge < -0.3 is 4.90 Å². The monoisotopic (exact) mass is 327 g/mol. The summed E-state index contributed by atoms with van der Waals surface area (Å²) in [5.74, 6) is 0.0761. The molecule has 0 aromatic heterocycles. The topological polar surface area (TPSA) is 43.9 Å². The molecule has 0 N–H and O–H groups in total. The lowest BCUT2D eigenvalue weighted by Gasteiger charge is -2.39. The van der Waals surface area contributed by atoms with Gasteiger partial charge in [-0.05, 0) is 43.9 Å². The molecule has 4 rings (SSSR count). The number of imide groups is 1. The third kappa shape index (κ3) is 2.61. The molecule has 2 heterocycles. The van der Waals surface area contributed by atoms with E-state index in [1.165, 1.54) is 16.8 Å². The summed E-state index contributed by atoms with van der Waals surface area (Å²) in [6, 6.07) is 6.41. The average Bonchev–Trinajstić information content (AvgIpc) is 3.36. The second-order valence-corrected chi connectivity index (χ2v) is 7.30. The maximum atomic E-state index is 12.6. The van der Waals surface area contributed by atoms with Crippen LogP contribution in [-0.2, 0) is 9.59 Å². The van der Waals surface area contributed by atoms with Crippen molar-refractivity contribution in [2.45, 2.75) is 45.2 Å². The Morgan fingerprint density at radius 3 is 2.38 bits per heavy atom. The number of rotatable bonds is 3. The first-order valence-corrected chi connectivity index (χ1v) is 8.97. The minimum absolute atomic E-state index is 0.0319. The van der Waals surface area contributed by atoms with Crippen LogP contribution < -0.4 is 4.90 Å². The summed E-state index contributed by atoms with van der Waals surface area (Å²) in [4.78, 5) is 30.9. The lowest BCUT2D eigenvalue weighted by Crippen LogP contribution is -2.52. The SMILES string of the molecule is Cc1cccc(N2CCN([C@@H]3CC(=O)N(C4CC4)C3=O)CC2)c1C. The standard InChI is InChI=1S/C19H25N3O2/c1-13-4-3-5-16(14(13)2)20-8-10-21(11-9-20)17-12-18(23)22(19(17)24)15-6-7-15/h3-5,15,17H,6-12H2,1-2H3/t17-/m1/s1. The van der Waals surface area contributed by atoms with E-state index in [0.717, 1.165) is 39.0 Å². The zero-order valence-corrected chi connectivity index (χ0v) is 14.5. The van der Waals surface area contributed by atoms with Crippen LogP contribution >= 0.6 is 0 Å². The Morgan fingerprint density at radius 1 is 1.00 bits per heavy atom. The van der Waals surface area contributed by atoms with Gasteiger partial charge in [0.2, 0.25) is 11.8 Å². The van der Waals surface area contributed by atoms with Gasteiger partial charge in [-0.25, -0.2) is 0 Å². The van der Waals surface area contributed by atoms with Crippen LogP contribution in [0.4, 0.5) is 5.69 Å². The number of anilines is 1. The molecule has 1 aliphatic carbocycles. The molecule has 2 saturated heterocycles. The Bertz CT molecular complexity index is 675. The predicted molar refractivity (Wildman–Crippen MR) is 93.0 cm³/mol. The van der Waals surface area contributed by atoms with E-state index in [-0.39, 0.29) is 23.9 Å². The van der Waals surface area contributed by atoms with Gasteiger partial charge in [0, 0.05) is 37.9 Å². The first-order valence-electron chi connectivity index (χ1n) is 8.97. The van der Waals surface area contributed by atoms with Gasteiger partial charge in [-0.2, -0.15) is 0 Å². The van der Waals surface area contributed by atoms with Gasteiger partial charge in [-0.3, -0.25) is 19.4 Å². The highest BCUT2D eigenvalue weighted by Gasteiger charge is 2.48. The maximum Gasteiger partial charge on any atom is 0.247 e. The Kier molecular flexibility index (Phi) is 3.83. The molecule has 0 bridgehead atoms. The van der Waals surface area contributed by atoms with Gasteiger partial charge in [0.25, 0.3) is 0 Å². The zero-order chi connectivity index (χ0) is 16.8. The zero-order valence-electron chi connectivity index (χ0n) is 14.5. The second kappa shape index (κ2) is 5.88. The molecule has 2 amide bonds. The van der Waals surface area contributed by atoms with Crippen molar-refractivity contribution in [1.29, 1.82) is 0 Å². The third-order valence-electron chi connectivity index (χ3n) is 5.74. The lowest BCUT2D eigenvalue weighted by atomic mass is 10.1. The van der Waals surface area contributed by atoms with Crippen molar-refractivity contribution in [3.05, 3.63) is 29.3 Å². The Labute approximate surface area is 143 Å². The third-order valence-corrected chi connectivity index (χ3v) is 5.74. The molecule has 128 valence electrons. The predicted octanol–water partition coefficient (Wildman–Crippen LogP) is 1.72. The maximum absolute atomic E-state index is 12.6. The van der Waals surface area contributed by atoms with E-state index in [4.69, 9.17) is 0 Å². The normalized spacial score (nSPS) is 25.7. The summed E-state index contributed by atoms with van der Waals surface area (Å²) in [5.41, 5.74) is 3.94. The Morgan fingerprint density at radius 2 is 1.71 bits per heavy atom. The fourth-order valence-electron chi connectivity index (χ4n) is 3.99. The van der Waals surface area contributed by atoms with Crippen molar-refractivity contribution in [3.8, 4) is 0 Å². The first-order chi connectivity index (χ1) is 11.6. The highest BCUT2D eigenvalue weighted by molar-refractivity contribution is 6.06. The molecule has 3 aliphatic rings. The van der Waals surface area contributed by atoms with E-state index >= 15 is 0 Å². The highest BCUT2D eigenvalue weighted by atomic mass is 16.2. The molecule has 1 atom stereocenters. The number of nitrogens with zero attached hydrogens (tertiary/aromatic N) is 3. The van der Waals surface area contributed by atoms with E-state index in [0.29, 0.717) is 6.42 Å². The number of carbonyl (C=O) groups excluding carboxylic acids is 2. The molecule has 0 spiro atoms. The summed E-state index contributed by atoms with van der Waals surface area (Å²) in [6.45, 7) is 7.82. The van der Waals surface area contributed by atoms with Crippen molar-refractivity contribution in [3.63, 3.8) is 0 Å². The molecule has 1 aromatic carbocycles. The minimum Gasteiger partial charge on any atom is -0.369 e. The van der Waals surface area contributed by atoms with Crippen molar-refractivity contribution in [2.24, 2.45) is 0 Å². The lowest BCUT2D eigenvalue weighted by molar-refractivity contribution is -0.140. The summed E-state index contributed by atoms with van der Waals surface area (Å²) in [7, 11) is 0. The number of amides is 2. The van der Waals surface area contributed by atoms with E-state index in [1.54, 1.807) is 4.90 Å². The van der Waals surface area contributed by atoms with Crippen LogP contribution in [0, 0.1) is 13.8 Å². The Hall–Kier alpha value is -1.88. The van der Waals surface area contributed by atoms with Crippen LogP contribution in [-0.4, -0.2) is 59.9 Å². The molecular formula is C19H25N3O2. The van der Waals surface area contributed by atoms with Gasteiger partial charge in [0.05, 0.1) is 12.5 Å². The average molecular weight is 327 g/mol. The molecule has 0 radical (unpaired) electrons. The number of carbonyl (C=O) groups is 2. The first kappa shape index (κ1) is 15.6. The number of piperazine rings is 1. The molecule has 0 unspecified atom stereocenters. The molecule has 2 aliphatic heterocycles. The van der Waals surface area contributed by atoms with Gasteiger partial charge in [0.15, 0.2) is 0 Å². The van der Waals surface area contributed by atoms with Crippen molar-refractivity contribution < 1.29 is 9.59 Å². The number of hydrogen-bond donors (Lipinski definition) is 0. The molecule has 5 heteroatoms. The van der Waals surface area contributed by atoms with Crippen LogP contribution in [0.25, 0.3) is 0 Å². The van der Waals surface area contributed by atoms with Gasteiger partial charge >= 0.3 is 0 Å². The van der Waals surface area contributed by atoms with Crippen LogP contribution in [0.3, 0.4) is 0 Å². The molecule has 1 saturated carbocycles. The van der Waals surface area contributed by atoms with Gasteiger partial charge in [-0.15, -0.1) is 0 Å². The van der Waals surface area contributed by atoms with Crippen molar-refractivity contribution in [2.75, 3.05) is 31.1 Å². The number of likely N-dealkylation sites (tertiary alicyclic amines) is 1. The second-order valence-electron chi connectivity index (χ2n) is 7.30. The highest BCUT2D eigenvalue weighted by Crippen LogP contribution is 2.33. The van der Waals surface area contributed by atoms with E-state index in [2.05, 4.69) is 41.8 Å². The fourth-order valence-corrected chi connectivity index (χ4v) is 3.99. The van der Waals surface area contributed by atoms with E-state index < -0.39 is 0 Å². The number of hydrogen-bond acceptors (Lipinski definition) is 4. The smallest absolute Gasteiger partial charge is 0.247 e. The summed E-state index contributed by atoms with van der Waals surface area (Å²) < 4.78 is 0. The van der Waals surface area contributed by atoms with E-state index in [1.807, 2.05) is 0 Å². The molecule has 3 fully saturated rings. The molecular weight excluding hydrogens is 302 g/mol. The quantitative estimate of drug-likeness (QED) is 0.793. The summed E-state index contributed by atoms with van der Waals surface area (Å²) in [6.07, 6.45) is 2.36. The van der Waals surface area contributed by atoms with Crippen LogP contribution in [0.2, 0.25) is 0 Å². The summed E-state index contributed by atoms with van der Waals surface area (Å²) in [5, 5.41) is 0. The summed E-state index contributed by atoms with van der Waals surface area (Å²) >= 11 is 0. The van der Waals surface area contributed by atoms with Crippen molar-refractivity contribution in [1.82, 2.24) is 9.80 Å². The van der Waals surface area contributed by atoms with Gasteiger partial charge in [0.1, 0.15) is 0 Å². The number of benzene rings is 1.